The van der Waals surface area contributed by atoms with Crippen molar-refractivity contribution in [2.45, 2.75) is 6.54 Å². The van der Waals surface area contributed by atoms with Crippen molar-refractivity contribution < 1.29 is 14.3 Å². The third-order valence-electron chi connectivity index (χ3n) is 5.63. The van der Waals surface area contributed by atoms with Crippen LogP contribution in [0.5, 0.6) is 5.75 Å². The molecule has 168 valence electrons. The number of fused-ring (bicyclic) bond motifs is 2. The van der Waals surface area contributed by atoms with Gasteiger partial charge in [-0.1, -0.05) is 30.3 Å². The molecule has 8 heteroatoms. The van der Waals surface area contributed by atoms with Gasteiger partial charge < -0.3 is 24.3 Å². The highest BCUT2D eigenvalue weighted by atomic mass is 32.1. The van der Waals surface area contributed by atoms with Crippen molar-refractivity contribution in [2.75, 3.05) is 37.1 Å². The Morgan fingerprint density at radius 2 is 1.97 bits per heavy atom. The standard InChI is InChI=1S/C25H23N3O4S/c1-31-12-10-27-15-19(26-25(30)18-16-33-23-9-5-2-6-17(18)23)21(14-24(27)29)28-11-13-32-22-8-4-3-7-20(22)28/h2-9,14-16H,10-13H2,1H3,(H,26,30). The summed E-state index contributed by atoms with van der Waals surface area (Å²) >= 11 is 1.53. The summed E-state index contributed by atoms with van der Waals surface area (Å²) in [5.41, 5.74) is 2.50. The summed E-state index contributed by atoms with van der Waals surface area (Å²) in [6.07, 6.45) is 1.70. The lowest BCUT2D eigenvalue weighted by molar-refractivity contribution is 0.102. The van der Waals surface area contributed by atoms with Gasteiger partial charge in [0, 0.05) is 41.4 Å². The number of nitrogens with one attached hydrogen (secondary N) is 1. The van der Waals surface area contributed by atoms with Gasteiger partial charge in [-0.05, 0) is 18.2 Å². The van der Waals surface area contributed by atoms with Crippen molar-refractivity contribution in [3.05, 3.63) is 82.1 Å². The van der Waals surface area contributed by atoms with Crippen LogP contribution < -0.4 is 20.5 Å². The van der Waals surface area contributed by atoms with Crippen LogP contribution in [-0.4, -0.2) is 37.3 Å². The summed E-state index contributed by atoms with van der Waals surface area (Å²) in [4.78, 5) is 28.2. The molecule has 0 spiro atoms. The fourth-order valence-corrected chi connectivity index (χ4v) is 4.95. The van der Waals surface area contributed by atoms with Crippen LogP contribution >= 0.6 is 11.3 Å². The molecule has 2 aromatic carbocycles. The molecule has 0 radical (unpaired) electrons. The molecule has 0 unspecified atom stereocenters. The molecular formula is C25H23N3O4S. The van der Waals surface area contributed by atoms with Crippen LogP contribution in [0.4, 0.5) is 17.1 Å². The summed E-state index contributed by atoms with van der Waals surface area (Å²) in [5, 5.41) is 5.84. The number of pyridine rings is 1. The molecule has 1 amide bonds. The Kier molecular flexibility index (Phi) is 5.85. The zero-order chi connectivity index (χ0) is 22.8. The van der Waals surface area contributed by atoms with Crippen molar-refractivity contribution in [3.63, 3.8) is 0 Å². The quantitative estimate of drug-likeness (QED) is 0.458. The third kappa shape index (κ3) is 4.10. The van der Waals surface area contributed by atoms with Crippen molar-refractivity contribution in [2.24, 2.45) is 0 Å². The minimum absolute atomic E-state index is 0.162. The number of methoxy groups -OCH3 is 1. The molecule has 7 nitrogen and oxygen atoms in total. The van der Waals surface area contributed by atoms with Crippen LogP contribution in [0.1, 0.15) is 10.4 Å². The zero-order valence-corrected chi connectivity index (χ0v) is 18.9. The van der Waals surface area contributed by atoms with E-state index in [2.05, 4.69) is 5.32 Å². The maximum absolute atomic E-state index is 13.3. The first-order chi connectivity index (χ1) is 16.2. The Morgan fingerprint density at radius 3 is 2.85 bits per heavy atom. The summed E-state index contributed by atoms with van der Waals surface area (Å²) < 4.78 is 13.5. The predicted octanol–water partition coefficient (Wildman–Crippen LogP) is 4.49. The maximum atomic E-state index is 13.3. The normalized spacial score (nSPS) is 12.9. The van der Waals surface area contributed by atoms with Gasteiger partial charge in [-0.3, -0.25) is 9.59 Å². The Bertz CT molecular complexity index is 1380. The van der Waals surface area contributed by atoms with E-state index in [1.165, 1.54) is 11.3 Å². The molecule has 0 saturated heterocycles. The first-order valence-electron chi connectivity index (χ1n) is 10.7. The van der Waals surface area contributed by atoms with E-state index in [9.17, 15) is 9.59 Å². The molecule has 0 aliphatic carbocycles. The van der Waals surface area contributed by atoms with Gasteiger partial charge >= 0.3 is 0 Å². The highest BCUT2D eigenvalue weighted by Crippen LogP contribution is 2.39. The molecule has 1 aliphatic rings. The number of carbonyl (C=O) groups is 1. The van der Waals surface area contributed by atoms with Gasteiger partial charge in [0.2, 0.25) is 0 Å². The number of anilines is 3. The minimum Gasteiger partial charge on any atom is -0.490 e. The van der Waals surface area contributed by atoms with E-state index in [1.807, 2.05) is 58.8 Å². The second-order valence-corrected chi connectivity index (χ2v) is 8.58. The monoisotopic (exact) mass is 461 g/mol. The number of para-hydroxylation sites is 2. The second-order valence-electron chi connectivity index (χ2n) is 7.66. The van der Waals surface area contributed by atoms with Crippen LogP contribution in [0.25, 0.3) is 10.1 Å². The van der Waals surface area contributed by atoms with Crippen LogP contribution in [0.2, 0.25) is 0 Å². The molecule has 2 aromatic heterocycles. The molecular weight excluding hydrogens is 438 g/mol. The molecule has 4 aromatic rings. The Hall–Kier alpha value is -3.62. The summed E-state index contributed by atoms with van der Waals surface area (Å²) in [7, 11) is 1.59. The van der Waals surface area contributed by atoms with Gasteiger partial charge in [-0.15, -0.1) is 11.3 Å². The van der Waals surface area contributed by atoms with Gasteiger partial charge in [-0.25, -0.2) is 0 Å². The molecule has 0 bridgehead atoms. The third-order valence-corrected chi connectivity index (χ3v) is 6.60. The van der Waals surface area contributed by atoms with Crippen LogP contribution in [0.15, 0.2) is 71.0 Å². The van der Waals surface area contributed by atoms with Gasteiger partial charge in [0.05, 0.1) is 35.8 Å². The van der Waals surface area contributed by atoms with Crippen molar-refractivity contribution in [3.8, 4) is 5.75 Å². The number of hydrogen-bond donors (Lipinski definition) is 1. The fourth-order valence-electron chi connectivity index (χ4n) is 4.01. The summed E-state index contributed by atoms with van der Waals surface area (Å²) in [6, 6.07) is 17.1. The number of aromatic nitrogens is 1. The van der Waals surface area contributed by atoms with E-state index in [-0.39, 0.29) is 11.5 Å². The predicted molar refractivity (Wildman–Crippen MR) is 131 cm³/mol. The molecule has 5 rings (SSSR count). The summed E-state index contributed by atoms with van der Waals surface area (Å²) in [5.74, 6) is 0.528. The molecule has 0 fully saturated rings. The smallest absolute Gasteiger partial charge is 0.257 e. The average molecular weight is 462 g/mol. The van der Waals surface area contributed by atoms with Gasteiger partial charge in [0.1, 0.15) is 12.4 Å². The number of carbonyl (C=O) groups excluding carboxylic acids is 1. The number of benzene rings is 2. The Labute approximate surface area is 194 Å². The highest BCUT2D eigenvalue weighted by Gasteiger charge is 2.24. The first kappa shape index (κ1) is 21.2. The van der Waals surface area contributed by atoms with Gasteiger partial charge in [-0.2, -0.15) is 0 Å². The number of thiophene rings is 1. The lowest BCUT2D eigenvalue weighted by Gasteiger charge is -2.32. The topological polar surface area (TPSA) is 72.8 Å². The van der Waals surface area contributed by atoms with E-state index in [1.54, 1.807) is 23.9 Å². The van der Waals surface area contributed by atoms with E-state index in [4.69, 9.17) is 9.47 Å². The van der Waals surface area contributed by atoms with E-state index in [0.29, 0.717) is 43.2 Å². The van der Waals surface area contributed by atoms with Crippen LogP contribution in [0, 0.1) is 0 Å². The Balaban J connectivity index is 1.58. The largest absolute Gasteiger partial charge is 0.490 e. The van der Waals surface area contributed by atoms with Crippen molar-refractivity contribution in [1.82, 2.24) is 4.57 Å². The van der Waals surface area contributed by atoms with Gasteiger partial charge in [0.15, 0.2) is 0 Å². The summed E-state index contributed by atoms with van der Waals surface area (Å²) in [6.45, 7) is 1.82. The van der Waals surface area contributed by atoms with Gasteiger partial charge in [0.25, 0.3) is 11.5 Å². The number of hydrogen-bond acceptors (Lipinski definition) is 6. The lowest BCUT2D eigenvalue weighted by Crippen LogP contribution is -2.32. The van der Waals surface area contributed by atoms with Crippen LogP contribution in [0.3, 0.4) is 0 Å². The number of rotatable bonds is 6. The highest BCUT2D eigenvalue weighted by molar-refractivity contribution is 7.17. The number of ether oxygens (including phenoxy) is 2. The molecule has 33 heavy (non-hydrogen) atoms. The average Bonchev–Trinajstić information content (AvgIpc) is 3.28. The van der Waals surface area contributed by atoms with E-state index in [0.717, 1.165) is 21.5 Å². The SMILES string of the molecule is COCCn1cc(NC(=O)c2csc3ccccc23)c(N2CCOc3ccccc32)cc1=O. The van der Waals surface area contributed by atoms with E-state index < -0.39 is 0 Å². The molecule has 1 N–H and O–H groups in total. The van der Waals surface area contributed by atoms with E-state index >= 15 is 0 Å². The fraction of sp³-hybridized carbons (Fsp3) is 0.200. The molecule has 0 saturated carbocycles. The molecule has 1 aliphatic heterocycles. The number of nitrogens with zero attached hydrogens (tertiary/aromatic N) is 2. The van der Waals surface area contributed by atoms with Crippen molar-refractivity contribution >= 4 is 44.4 Å². The number of amides is 1. The Morgan fingerprint density at radius 1 is 1.15 bits per heavy atom. The lowest BCUT2D eigenvalue weighted by atomic mass is 10.1. The first-order valence-corrected chi connectivity index (χ1v) is 11.5. The maximum Gasteiger partial charge on any atom is 0.257 e. The van der Waals surface area contributed by atoms with Crippen LogP contribution in [-0.2, 0) is 11.3 Å². The zero-order valence-electron chi connectivity index (χ0n) is 18.1. The molecule has 0 atom stereocenters. The van der Waals surface area contributed by atoms with Crippen molar-refractivity contribution in [1.29, 1.82) is 0 Å². The molecule has 3 heterocycles. The second kappa shape index (κ2) is 9.09. The minimum atomic E-state index is -0.216.